The van der Waals surface area contributed by atoms with Gasteiger partial charge in [-0.2, -0.15) is 0 Å². The number of ether oxygens (including phenoxy) is 1. The molecule has 7 rings (SSSR count). The molecule has 2 amide bonds. The number of nitrogens with two attached hydrogens (primary N) is 1. The highest BCUT2D eigenvalue weighted by molar-refractivity contribution is 5.99. The minimum Gasteiger partial charge on any atom is -0.487 e. The van der Waals surface area contributed by atoms with E-state index in [9.17, 15) is 9.59 Å². The number of fused-ring (bicyclic) bond motifs is 4. The van der Waals surface area contributed by atoms with Crippen molar-refractivity contribution in [1.82, 2.24) is 10.2 Å². The van der Waals surface area contributed by atoms with Gasteiger partial charge >= 0.3 is 0 Å². The van der Waals surface area contributed by atoms with Crippen LogP contribution in [0.4, 0.5) is 8.78 Å². The number of alkyl halides is 2. The van der Waals surface area contributed by atoms with Crippen molar-refractivity contribution in [2.24, 2.45) is 10.7 Å². The van der Waals surface area contributed by atoms with Gasteiger partial charge < -0.3 is 15.8 Å². The van der Waals surface area contributed by atoms with Crippen LogP contribution in [0.2, 0.25) is 0 Å². The van der Waals surface area contributed by atoms with Crippen LogP contribution in [-0.4, -0.2) is 34.3 Å². The zero-order valence-corrected chi connectivity index (χ0v) is 22.0. The molecule has 6 bridgehead atoms. The molecule has 39 heavy (non-hydrogen) atoms. The number of aliphatic imine (C=N–C) groups is 1. The summed E-state index contributed by atoms with van der Waals surface area (Å²) in [6, 6.07) is 8.80. The van der Waals surface area contributed by atoms with E-state index in [1.54, 1.807) is 0 Å². The molecule has 1 aliphatic carbocycles. The van der Waals surface area contributed by atoms with Crippen molar-refractivity contribution in [2.75, 3.05) is 0 Å². The molecule has 4 heterocycles. The zero-order chi connectivity index (χ0) is 27.5. The number of carbonyl (C=O) groups excluding carboxylic acids is 2. The molecule has 0 radical (unpaired) electrons. The molecule has 7 nitrogen and oxygen atoms in total. The predicted molar refractivity (Wildman–Crippen MR) is 143 cm³/mol. The summed E-state index contributed by atoms with van der Waals surface area (Å²) < 4.78 is 36.2. The van der Waals surface area contributed by atoms with E-state index in [4.69, 9.17) is 10.5 Å². The summed E-state index contributed by atoms with van der Waals surface area (Å²) in [5.74, 6) is -2.94. The maximum Gasteiger partial charge on any atom is 0.273 e. The van der Waals surface area contributed by atoms with Crippen molar-refractivity contribution in [3.05, 3.63) is 70.3 Å². The predicted octanol–water partition coefficient (Wildman–Crippen LogP) is 5.37. The Morgan fingerprint density at radius 2 is 1.92 bits per heavy atom. The Hall–Kier alpha value is -3.75. The lowest BCUT2D eigenvalue weighted by molar-refractivity contribution is -0.131. The number of hydrogen-bond donors (Lipinski definition) is 2. The second-order valence-corrected chi connectivity index (χ2v) is 11.5. The Morgan fingerprint density at radius 3 is 2.72 bits per heavy atom. The lowest BCUT2D eigenvalue weighted by Gasteiger charge is -2.40. The molecule has 204 valence electrons. The lowest BCUT2D eigenvalue weighted by Crippen LogP contribution is -2.50. The van der Waals surface area contributed by atoms with E-state index >= 15 is 8.78 Å². The van der Waals surface area contributed by atoms with E-state index in [1.165, 1.54) is 23.1 Å². The standard InChI is InChI=1S/C30H32F2N4O3/c1-29(2)16-23-21-13-17(7-10-25(21)39-29)5-3-4-6-19-15-26(37)36(28(33)34-19)24-11-12-30(31,32)22-9-8-18(14-20(22)24)27(38)35-23/h3,5,7-10,13-14,19,23-24H,4,6,11-12,15-16H2,1-2H3,(H2,33,34)(H,35,38)/b5-3-/t19?,23?,24-/m1/s1. The van der Waals surface area contributed by atoms with Crippen molar-refractivity contribution in [2.45, 2.75) is 82.0 Å². The average Bonchev–Trinajstić information content (AvgIpc) is 2.86. The minimum absolute atomic E-state index is 0.0186. The van der Waals surface area contributed by atoms with Crippen molar-refractivity contribution >= 4 is 23.8 Å². The summed E-state index contributed by atoms with van der Waals surface area (Å²) in [6.45, 7) is 3.94. The van der Waals surface area contributed by atoms with Crippen LogP contribution in [0.1, 0.15) is 97.1 Å². The van der Waals surface area contributed by atoms with Gasteiger partial charge in [0.15, 0.2) is 5.96 Å². The number of benzene rings is 2. The van der Waals surface area contributed by atoms with Crippen LogP contribution in [0.25, 0.3) is 6.08 Å². The van der Waals surface area contributed by atoms with Crippen LogP contribution in [-0.2, 0) is 10.7 Å². The summed E-state index contributed by atoms with van der Waals surface area (Å²) in [4.78, 5) is 32.8. The monoisotopic (exact) mass is 534 g/mol. The lowest BCUT2D eigenvalue weighted by atomic mass is 9.82. The van der Waals surface area contributed by atoms with Gasteiger partial charge in [-0.05, 0) is 68.5 Å². The van der Waals surface area contributed by atoms with E-state index in [1.807, 2.05) is 44.2 Å². The Bertz CT molecular complexity index is 1420. The Balaban J connectivity index is 1.47. The Morgan fingerprint density at radius 1 is 1.10 bits per heavy atom. The van der Waals surface area contributed by atoms with Crippen LogP contribution in [0, 0.1) is 0 Å². The molecular weight excluding hydrogens is 502 g/mol. The maximum absolute atomic E-state index is 15.0. The van der Waals surface area contributed by atoms with Gasteiger partial charge in [0.05, 0.1) is 18.1 Å². The van der Waals surface area contributed by atoms with E-state index in [2.05, 4.69) is 10.3 Å². The quantitative estimate of drug-likeness (QED) is 0.475. The van der Waals surface area contributed by atoms with Gasteiger partial charge in [0, 0.05) is 36.0 Å². The van der Waals surface area contributed by atoms with Crippen LogP contribution in [0.3, 0.4) is 0 Å². The highest BCUT2D eigenvalue weighted by Crippen LogP contribution is 2.47. The van der Waals surface area contributed by atoms with Crippen LogP contribution >= 0.6 is 0 Å². The smallest absolute Gasteiger partial charge is 0.273 e. The summed E-state index contributed by atoms with van der Waals surface area (Å²) in [6.07, 6.45) is 5.68. The first-order valence-corrected chi connectivity index (χ1v) is 13.5. The maximum atomic E-state index is 15.0. The Kier molecular flexibility index (Phi) is 6.00. The summed E-state index contributed by atoms with van der Waals surface area (Å²) in [5, 5.41) is 3.12. The number of allylic oxidation sites excluding steroid dienone is 1. The number of halogens is 2. The normalized spacial score (nSPS) is 27.9. The van der Waals surface area contributed by atoms with Gasteiger partial charge in [0.2, 0.25) is 5.91 Å². The van der Waals surface area contributed by atoms with Crippen molar-refractivity contribution in [1.29, 1.82) is 0 Å². The van der Waals surface area contributed by atoms with Crippen molar-refractivity contribution < 1.29 is 23.1 Å². The first kappa shape index (κ1) is 25.5. The third-order valence-electron chi connectivity index (χ3n) is 8.12. The molecule has 4 aliphatic heterocycles. The Labute approximate surface area is 226 Å². The highest BCUT2D eigenvalue weighted by Gasteiger charge is 2.45. The number of hydrogen-bond acceptors (Lipinski definition) is 5. The van der Waals surface area contributed by atoms with E-state index < -0.39 is 24.0 Å². The van der Waals surface area contributed by atoms with E-state index in [-0.39, 0.29) is 59.4 Å². The molecule has 3 atom stereocenters. The summed E-state index contributed by atoms with van der Waals surface area (Å²) in [7, 11) is 0. The minimum atomic E-state index is -3.07. The van der Waals surface area contributed by atoms with Gasteiger partial charge in [-0.15, -0.1) is 0 Å². The first-order chi connectivity index (χ1) is 18.5. The second-order valence-electron chi connectivity index (χ2n) is 11.5. The molecular formula is C30H32F2N4O3. The van der Waals surface area contributed by atoms with Crippen LogP contribution in [0.15, 0.2) is 47.5 Å². The number of rotatable bonds is 0. The number of nitrogens with one attached hydrogen (secondary N) is 1. The largest absolute Gasteiger partial charge is 0.487 e. The molecule has 2 aromatic rings. The number of amides is 2. The van der Waals surface area contributed by atoms with E-state index in [0.717, 1.165) is 11.1 Å². The first-order valence-electron chi connectivity index (χ1n) is 13.5. The van der Waals surface area contributed by atoms with Gasteiger partial charge in [0.1, 0.15) is 11.4 Å². The summed E-state index contributed by atoms with van der Waals surface area (Å²) in [5.41, 5.74) is 7.92. The fourth-order valence-electron chi connectivity index (χ4n) is 6.27. The zero-order valence-electron chi connectivity index (χ0n) is 22.0. The topological polar surface area (TPSA) is 97.0 Å². The van der Waals surface area contributed by atoms with Gasteiger partial charge in [-0.25, -0.2) is 13.8 Å². The molecule has 0 saturated heterocycles. The van der Waals surface area contributed by atoms with Gasteiger partial charge in [-0.1, -0.05) is 24.3 Å². The number of guanidine groups is 1. The molecule has 0 saturated carbocycles. The molecule has 9 heteroatoms. The average molecular weight is 535 g/mol. The summed E-state index contributed by atoms with van der Waals surface area (Å²) >= 11 is 0. The second kappa shape index (κ2) is 9.17. The molecule has 0 spiro atoms. The number of carbonyl (C=O) groups is 2. The SMILES string of the molecule is CC1(C)CC2NC(=O)c3ccc4c(c3)[C@@H](CCC4(F)F)N3C(=O)CC(CC/C=C\c4ccc(c2c4)O1)N=C3N. The van der Waals surface area contributed by atoms with Crippen LogP contribution < -0.4 is 15.8 Å². The molecule has 2 unspecified atom stereocenters. The third-order valence-corrected chi connectivity index (χ3v) is 8.12. The highest BCUT2D eigenvalue weighted by atomic mass is 19.3. The van der Waals surface area contributed by atoms with Crippen LogP contribution in [0.5, 0.6) is 5.75 Å². The molecule has 0 fully saturated rings. The molecule has 3 N–H and O–H groups in total. The van der Waals surface area contributed by atoms with Gasteiger partial charge in [0.25, 0.3) is 11.8 Å². The molecule has 0 aromatic heterocycles. The molecule has 5 aliphatic rings. The fraction of sp³-hybridized carbons (Fsp3) is 0.433. The van der Waals surface area contributed by atoms with Crippen molar-refractivity contribution in [3.63, 3.8) is 0 Å². The van der Waals surface area contributed by atoms with Crippen molar-refractivity contribution in [3.8, 4) is 5.75 Å². The fourth-order valence-corrected chi connectivity index (χ4v) is 6.27. The molecule has 2 aromatic carbocycles. The van der Waals surface area contributed by atoms with E-state index in [0.29, 0.717) is 25.0 Å². The number of nitrogens with zero attached hydrogens (tertiary/aromatic N) is 2. The third kappa shape index (κ3) is 4.68. The van der Waals surface area contributed by atoms with Gasteiger partial charge in [-0.3, -0.25) is 14.5 Å².